The third kappa shape index (κ3) is 3.63. The lowest BCUT2D eigenvalue weighted by Crippen LogP contribution is -2.28. The van der Waals surface area contributed by atoms with Crippen LogP contribution in [0.3, 0.4) is 0 Å². The first-order chi connectivity index (χ1) is 8.15. The van der Waals surface area contributed by atoms with Gasteiger partial charge in [0.2, 0.25) is 5.91 Å². The van der Waals surface area contributed by atoms with Crippen molar-refractivity contribution in [3.63, 3.8) is 0 Å². The van der Waals surface area contributed by atoms with Crippen molar-refractivity contribution in [2.45, 2.75) is 6.42 Å². The second-order valence-corrected chi connectivity index (χ2v) is 5.42. The summed E-state index contributed by atoms with van der Waals surface area (Å²) >= 11 is 13.3. The molecule has 1 amide bonds. The number of rotatable bonds is 2. The van der Waals surface area contributed by atoms with Gasteiger partial charge in [0.25, 0.3) is 0 Å². The maximum Gasteiger partial charge on any atom is 0.230 e. The summed E-state index contributed by atoms with van der Waals surface area (Å²) in [6.45, 7) is 0.766. The first kappa shape index (κ1) is 12.7. The number of hydrogen-bond acceptors (Lipinski definition) is 3. The Balaban J connectivity index is 1.98. The van der Waals surface area contributed by atoms with Crippen LogP contribution in [0, 0.1) is 0 Å². The lowest BCUT2D eigenvalue weighted by molar-refractivity contribution is -0.119. The Kier molecular flexibility index (Phi) is 4.31. The van der Waals surface area contributed by atoms with Crippen molar-refractivity contribution < 1.29 is 4.79 Å². The topological polar surface area (TPSA) is 41.5 Å². The Labute approximate surface area is 114 Å². The normalized spacial score (nSPS) is 14.6. The van der Waals surface area contributed by atoms with Gasteiger partial charge in [-0.3, -0.25) is 9.79 Å². The Bertz CT molecular complexity index is 477. The van der Waals surface area contributed by atoms with Crippen molar-refractivity contribution in [3.8, 4) is 0 Å². The van der Waals surface area contributed by atoms with E-state index in [4.69, 9.17) is 23.2 Å². The quantitative estimate of drug-likeness (QED) is 0.909. The number of nitrogens with one attached hydrogen (secondary N) is 1. The van der Waals surface area contributed by atoms with Crippen LogP contribution in [0.1, 0.15) is 5.56 Å². The van der Waals surface area contributed by atoms with Crippen molar-refractivity contribution in [2.75, 3.05) is 12.3 Å². The summed E-state index contributed by atoms with van der Waals surface area (Å²) in [5.41, 5.74) is 0.761. The predicted molar refractivity (Wildman–Crippen MR) is 73.1 cm³/mol. The summed E-state index contributed by atoms with van der Waals surface area (Å²) in [5.74, 6) is 0.819. The number of amidine groups is 1. The van der Waals surface area contributed by atoms with E-state index in [9.17, 15) is 4.79 Å². The summed E-state index contributed by atoms with van der Waals surface area (Å²) in [4.78, 5) is 15.9. The Hall–Kier alpha value is -0.710. The molecule has 1 aromatic rings. The van der Waals surface area contributed by atoms with Crippen LogP contribution in [0.4, 0.5) is 0 Å². The molecule has 0 bridgehead atoms. The summed E-state index contributed by atoms with van der Waals surface area (Å²) in [7, 11) is 0. The molecule has 1 aliphatic rings. The highest BCUT2D eigenvalue weighted by Gasteiger charge is 2.12. The van der Waals surface area contributed by atoms with Gasteiger partial charge in [-0.25, -0.2) is 0 Å². The molecule has 0 aliphatic carbocycles. The fourth-order valence-corrected chi connectivity index (χ4v) is 2.63. The lowest BCUT2D eigenvalue weighted by atomic mass is 10.1. The van der Waals surface area contributed by atoms with E-state index in [1.54, 1.807) is 30.0 Å². The monoisotopic (exact) mass is 288 g/mol. The Morgan fingerprint density at radius 3 is 2.94 bits per heavy atom. The third-order valence-electron chi connectivity index (χ3n) is 2.20. The number of benzene rings is 1. The smallest absolute Gasteiger partial charge is 0.230 e. The van der Waals surface area contributed by atoms with Crippen molar-refractivity contribution in [3.05, 3.63) is 33.8 Å². The van der Waals surface area contributed by atoms with E-state index in [-0.39, 0.29) is 12.3 Å². The molecule has 1 aromatic carbocycles. The highest BCUT2D eigenvalue weighted by Crippen LogP contribution is 2.21. The number of carbonyl (C=O) groups excluding carboxylic acids is 1. The van der Waals surface area contributed by atoms with Crippen LogP contribution in [0.2, 0.25) is 10.0 Å². The van der Waals surface area contributed by atoms with Crippen LogP contribution in [0.15, 0.2) is 23.2 Å². The van der Waals surface area contributed by atoms with Crippen molar-refractivity contribution >= 4 is 46.0 Å². The average molecular weight is 289 g/mol. The van der Waals surface area contributed by atoms with E-state index < -0.39 is 0 Å². The van der Waals surface area contributed by atoms with Gasteiger partial charge in [-0.05, 0) is 17.7 Å². The largest absolute Gasteiger partial charge is 0.305 e. The van der Waals surface area contributed by atoms with Crippen LogP contribution in [-0.4, -0.2) is 23.4 Å². The molecule has 0 fully saturated rings. The molecule has 1 heterocycles. The van der Waals surface area contributed by atoms with Crippen LogP contribution in [0.25, 0.3) is 0 Å². The van der Waals surface area contributed by atoms with Gasteiger partial charge in [-0.2, -0.15) is 0 Å². The molecule has 0 atom stereocenters. The lowest BCUT2D eigenvalue weighted by Gasteiger charge is -2.06. The average Bonchev–Trinajstić information content (AvgIpc) is 2.75. The molecule has 17 heavy (non-hydrogen) atoms. The summed E-state index contributed by atoms with van der Waals surface area (Å²) < 4.78 is 0. The second kappa shape index (κ2) is 5.76. The minimum atomic E-state index is -0.109. The number of hydrogen-bond donors (Lipinski definition) is 1. The maximum absolute atomic E-state index is 11.7. The molecule has 3 nitrogen and oxygen atoms in total. The fourth-order valence-electron chi connectivity index (χ4n) is 1.41. The first-order valence-corrected chi connectivity index (χ1v) is 6.80. The summed E-state index contributed by atoms with van der Waals surface area (Å²) in [5, 5.41) is 4.52. The molecule has 0 spiro atoms. The molecule has 1 aliphatic heterocycles. The van der Waals surface area contributed by atoms with Crippen LogP contribution >= 0.6 is 35.0 Å². The zero-order valence-electron chi connectivity index (χ0n) is 8.87. The molecule has 2 rings (SSSR count). The molecule has 90 valence electrons. The van der Waals surface area contributed by atoms with Crippen LogP contribution in [0.5, 0.6) is 0 Å². The second-order valence-electron chi connectivity index (χ2n) is 3.50. The maximum atomic E-state index is 11.7. The number of aliphatic imine (C=N–C) groups is 1. The van der Waals surface area contributed by atoms with Crippen LogP contribution < -0.4 is 5.32 Å². The fraction of sp³-hybridized carbons (Fsp3) is 0.273. The van der Waals surface area contributed by atoms with E-state index in [2.05, 4.69) is 10.3 Å². The number of amides is 1. The number of halogens is 2. The van der Waals surface area contributed by atoms with E-state index in [0.29, 0.717) is 15.2 Å². The highest BCUT2D eigenvalue weighted by atomic mass is 35.5. The van der Waals surface area contributed by atoms with Crippen molar-refractivity contribution in [2.24, 2.45) is 4.99 Å². The zero-order valence-corrected chi connectivity index (χ0v) is 11.2. The molecule has 0 saturated heterocycles. The molecule has 6 heteroatoms. The molecular formula is C11H10Cl2N2OS. The van der Waals surface area contributed by atoms with Gasteiger partial charge in [0.05, 0.1) is 13.0 Å². The Morgan fingerprint density at radius 2 is 2.29 bits per heavy atom. The van der Waals surface area contributed by atoms with Crippen molar-refractivity contribution in [1.82, 2.24) is 5.32 Å². The van der Waals surface area contributed by atoms with Crippen LogP contribution in [-0.2, 0) is 11.2 Å². The molecule has 0 radical (unpaired) electrons. The summed E-state index contributed by atoms with van der Waals surface area (Å²) in [6.07, 6.45) is 0.232. The van der Waals surface area contributed by atoms with Gasteiger partial charge < -0.3 is 5.32 Å². The number of carbonyl (C=O) groups is 1. The standard InChI is InChI=1S/C11H10Cl2N2OS/c12-8-2-1-7(9(13)6-8)5-10(16)15-11-14-3-4-17-11/h1-2,6H,3-5H2,(H,14,15,16). The number of nitrogens with zero attached hydrogens (tertiary/aromatic N) is 1. The molecular weight excluding hydrogens is 279 g/mol. The van der Waals surface area contributed by atoms with E-state index >= 15 is 0 Å². The number of thioether (sulfide) groups is 1. The first-order valence-electron chi connectivity index (χ1n) is 5.06. The molecule has 1 N–H and O–H groups in total. The summed E-state index contributed by atoms with van der Waals surface area (Å²) in [6, 6.07) is 5.11. The molecule has 0 unspecified atom stereocenters. The molecule has 0 aromatic heterocycles. The third-order valence-corrected chi connectivity index (χ3v) is 3.68. The molecule has 0 saturated carbocycles. The Morgan fingerprint density at radius 1 is 1.47 bits per heavy atom. The highest BCUT2D eigenvalue weighted by molar-refractivity contribution is 8.14. The SMILES string of the molecule is O=C(Cc1ccc(Cl)cc1Cl)NC1=NCCS1. The minimum absolute atomic E-state index is 0.109. The zero-order chi connectivity index (χ0) is 12.3. The predicted octanol–water partition coefficient (Wildman–Crippen LogP) is 2.75. The van der Waals surface area contributed by atoms with E-state index in [1.165, 1.54) is 0 Å². The minimum Gasteiger partial charge on any atom is -0.305 e. The van der Waals surface area contributed by atoms with Crippen molar-refractivity contribution in [1.29, 1.82) is 0 Å². The van der Waals surface area contributed by atoms with Gasteiger partial charge in [0.15, 0.2) is 5.17 Å². The van der Waals surface area contributed by atoms with Gasteiger partial charge >= 0.3 is 0 Å². The van der Waals surface area contributed by atoms with Gasteiger partial charge in [0, 0.05) is 15.8 Å². The van der Waals surface area contributed by atoms with Gasteiger partial charge in [-0.1, -0.05) is 41.0 Å². The van der Waals surface area contributed by atoms with E-state index in [0.717, 1.165) is 17.9 Å². The van der Waals surface area contributed by atoms with Gasteiger partial charge in [-0.15, -0.1) is 0 Å². The van der Waals surface area contributed by atoms with E-state index in [1.807, 2.05) is 0 Å². The van der Waals surface area contributed by atoms with Gasteiger partial charge in [0.1, 0.15) is 0 Å².